The maximum atomic E-state index is 12.7. The summed E-state index contributed by atoms with van der Waals surface area (Å²) in [5.41, 5.74) is 0.558. The van der Waals surface area contributed by atoms with Crippen LogP contribution in [-0.2, 0) is 9.59 Å². The van der Waals surface area contributed by atoms with Gasteiger partial charge in [0.05, 0.1) is 5.92 Å². The number of carbonyl (C=O) groups excluding carboxylic acids is 2. The number of carboxylic acids is 1. The number of hydrogen-bond donors (Lipinski definition) is 1. The van der Waals surface area contributed by atoms with Crippen molar-refractivity contribution in [2.45, 2.75) is 31.7 Å². The van der Waals surface area contributed by atoms with Gasteiger partial charge in [0.2, 0.25) is 5.91 Å². The van der Waals surface area contributed by atoms with Gasteiger partial charge in [-0.3, -0.25) is 14.6 Å². The van der Waals surface area contributed by atoms with Gasteiger partial charge in [0.15, 0.2) is 0 Å². The number of amides is 2. The van der Waals surface area contributed by atoms with Crippen molar-refractivity contribution < 1.29 is 19.5 Å². The molecule has 0 aromatic carbocycles. The summed E-state index contributed by atoms with van der Waals surface area (Å²) in [5, 5.41) is 9.26. The van der Waals surface area contributed by atoms with Gasteiger partial charge in [0.1, 0.15) is 6.04 Å². The van der Waals surface area contributed by atoms with Crippen LogP contribution >= 0.6 is 0 Å². The summed E-state index contributed by atoms with van der Waals surface area (Å²) in [6.45, 7) is 1.46. The van der Waals surface area contributed by atoms with Crippen molar-refractivity contribution in [1.82, 2.24) is 14.8 Å². The predicted octanol–water partition coefficient (Wildman–Crippen LogP) is 1.01. The molecule has 2 aliphatic rings. The van der Waals surface area contributed by atoms with E-state index in [0.717, 1.165) is 12.8 Å². The number of likely N-dealkylation sites (tertiary alicyclic amines) is 2. The smallest absolute Gasteiger partial charge is 0.326 e. The highest BCUT2D eigenvalue weighted by Crippen LogP contribution is 2.25. The van der Waals surface area contributed by atoms with Gasteiger partial charge in [-0.05, 0) is 37.8 Å². The number of aromatic nitrogens is 1. The third kappa shape index (κ3) is 3.25. The number of carbonyl (C=O) groups is 3. The Balaban J connectivity index is 1.68. The molecule has 7 heteroatoms. The van der Waals surface area contributed by atoms with Crippen LogP contribution in [0.3, 0.4) is 0 Å². The van der Waals surface area contributed by atoms with Crippen molar-refractivity contribution in [2.24, 2.45) is 5.92 Å². The first-order valence-electron chi connectivity index (χ1n) is 8.30. The molecule has 2 saturated heterocycles. The van der Waals surface area contributed by atoms with Gasteiger partial charge in [-0.25, -0.2) is 4.79 Å². The van der Waals surface area contributed by atoms with Gasteiger partial charge in [0.25, 0.3) is 5.91 Å². The molecular formula is C17H21N3O4. The van der Waals surface area contributed by atoms with E-state index in [9.17, 15) is 19.5 Å². The van der Waals surface area contributed by atoms with E-state index < -0.39 is 12.0 Å². The fraction of sp³-hybridized carbons (Fsp3) is 0.529. The lowest BCUT2D eigenvalue weighted by atomic mass is 9.95. The molecule has 2 fully saturated rings. The van der Waals surface area contributed by atoms with Gasteiger partial charge >= 0.3 is 5.97 Å². The lowest BCUT2D eigenvalue weighted by Crippen LogP contribution is -2.49. The van der Waals surface area contributed by atoms with Gasteiger partial charge in [-0.2, -0.15) is 0 Å². The SMILES string of the molecule is O=C(O)[C@@H]1CCCN1C(=O)C1CCCN(C(=O)c2ccncc2)C1. The van der Waals surface area contributed by atoms with Crippen molar-refractivity contribution >= 4 is 17.8 Å². The van der Waals surface area contributed by atoms with Crippen LogP contribution in [0, 0.1) is 5.92 Å². The molecule has 1 N–H and O–H groups in total. The van der Waals surface area contributed by atoms with Gasteiger partial charge in [-0.1, -0.05) is 0 Å². The lowest BCUT2D eigenvalue weighted by molar-refractivity contribution is -0.150. The molecule has 2 atom stereocenters. The first-order valence-corrected chi connectivity index (χ1v) is 8.30. The standard InChI is InChI=1S/C17H21N3O4/c21-15(12-5-7-18-8-6-12)19-9-1-3-13(11-19)16(22)20-10-2-4-14(20)17(23)24/h5-8,13-14H,1-4,9-11H2,(H,23,24)/t13?,14-/m0/s1. The molecule has 1 aromatic rings. The second-order valence-electron chi connectivity index (χ2n) is 6.35. The van der Waals surface area contributed by atoms with Crippen molar-refractivity contribution in [2.75, 3.05) is 19.6 Å². The molecule has 128 valence electrons. The number of hydrogen-bond acceptors (Lipinski definition) is 4. The molecule has 2 amide bonds. The highest BCUT2D eigenvalue weighted by atomic mass is 16.4. The Morgan fingerprint density at radius 2 is 1.79 bits per heavy atom. The number of piperidine rings is 1. The van der Waals surface area contributed by atoms with E-state index in [-0.39, 0.29) is 17.7 Å². The summed E-state index contributed by atoms with van der Waals surface area (Å²) < 4.78 is 0. The summed E-state index contributed by atoms with van der Waals surface area (Å²) in [6, 6.07) is 2.60. The van der Waals surface area contributed by atoms with E-state index in [4.69, 9.17) is 0 Å². The monoisotopic (exact) mass is 331 g/mol. The second-order valence-corrected chi connectivity index (χ2v) is 6.35. The molecule has 24 heavy (non-hydrogen) atoms. The molecule has 0 spiro atoms. The molecule has 3 rings (SSSR count). The average molecular weight is 331 g/mol. The minimum Gasteiger partial charge on any atom is -0.480 e. The van der Waals surface area contributed by atoms with Crippen LogP contribution in [0.15, 0.2) is 24.5 Å². The predicted molar refractivity (Wildman–Crippen MR) is 85.2 cm³/mol. The molecule has 0 bridgehead atoms. The highest BCUT2D eigenvalue weighted by Gasteiger charge is 2.39. The van der Waals surface area contributed by atoms with Crippen LogP contribution in [0.4, 0.5) is 0 Å². The Morgan fingerprint density at radius 3 is 2.50 bits per heavy atom. The normalized spacial score (nSPS) is 24.0. The molecule has 1 unspecified atom stereocenters. The van der Waals surface area contributed by atoms with E-state index >= 15 is 0 Å². The zero-order chi connectivity index (χ0) is 17.1. The maximum absolute atomic E-state index is 12.7. The molecule has 2 aliphatic heterocycles. The van der Waals surface area contributed by atoms with Crippen molar-refractivity contribution in [1.29, 1.82) is 0 Å². The van der Waals surface area contributed by atoms with E-state index in [2.05, 4.69) is 4.98 Å². The van der Waals surface area contributed by atoms with Crippen LogP contribution < -0.4 is 0 Å². The van der Waals surface area contributed by atoms with Crippen molar-refractivity contribution in [3.05, 3.63) is 30.1 Å². The fourth-order valence-corrected chi connectivity index (χ4v) is 3.56. The van der Waals surface area contributed by atoms with Crippen LogP contribution in [0.5, 0.6) is 0 Å². The third-order valence-corrected chi connectivity index (χ3v) is 4.81. The van der Waals surface area contributed by atoms with Crippen LogP contribution in [0.25, 0.3) is 0 Å². The van der Waals surface area contributed by atoms with Crippen LogP contribution in [-0.4, -0.2) is 63.4 Å². The van der Waals surface area contributed by atoms with E-state index in [1.165, 1.54) is 4.90 Å². The molecule has 0 aliphatic carbocycles. The van der Waals surface area contributed by atoms with Crippen molar-refractivity contribution in [3.8, 4) is 0 Å². The summed E-state index contributed by atoms with van der Waals surface area (Å²) in [7, 11) is 0. The van der Waals surface area contributed by atoms with Gasteiger partial charge in [-0.15, -0.1) is 0 Å². The van der Waals surface area contributed by atoms with Crippen LogP contribution in [0.2, 0.25) is 0 Å². The quantitative estimate of drug-likeness (QED) is 0.892. The Kier molecular flexibility index (Phi) is 4.78. The first kappa shape index (κ1) is 16.4. The minimum absolute atomic E-state index is 0.105. The number of pyridine rings is 1. The second kappa shape index (κ2) is 6.98. The summed E-state index contributed by atoms with van der Waals surface area (Å²) in [5.74, 6) is -1.50. The van der Waals surface area contributed by atoms with Gasteiger partial charge in [0, 0.05) is 37.6 Å². The number of rotatable bonds is 3. The summed E-state index contributed by atoms with van der Waals surface area (Å²) >= 11 is 0. The number of nitrogens with zero attached hydrogens (tertiary/aromatic N) is 3. The maximum Gasteiger partial charge on any atom is 0.326 e. The van der Waals surface area contributed by atoms with Crippen molar-refractivity contribution in [3.63, 3.8) is 0 Å². The fourth-order valence-electron chi connectivity index (χ4n) is 3.56. The Hall–Kier alpha value is -2.44. The minimum atomic E-state index is -0.943. The molecule has 0 radical (unpaired) electrons. The summed E-state index contributed by atoms with van der Waals surface area (Å²) in [4.78, 5) is 43.6. The third-order valence-electron chi connectivity index (χ3n) is 4.81. The zero-order valence-electron chi connectivity index (χ0n) is 13.4. The first-order chi connectivity index (χ1) is 11.6. The largest absolute Gasteiger partial charge is 0.480 e. The summed E-state index contributed by atoms with van der Waals surface area (Å²) in [6.07, 6.45) is 5.81. The molecule has 3 heterocycles. The molecule has 1 aromatic heterocycles. The van der Waals surface area contributed by atoms with Gasteiger partial charge < -0.3 is 14.9 Å². The van der Waals surface area contributed by atoms with E-state index in [1.807, 2.05) is 0 Å². The Labute approximate surface area is 140 Å². The van der Waals surface area contributed by atoms with E-state index in [0.29, 0.717) is 38.0 Å². The number of aliphatic carboxylic acids is 1. The molecule has 7 nitrogen and oxygen atoms in total. The molecular weight excluding hydrogens is 310 g/mol. The topological polar surface area (TPSA) is 90.8 Å². The molecule has 0 saturated carbocycles. The highest BCUT2D eigenvalue weighted by molar-refractivity contribution is 5.94. The van der Waals surface area contributed by atoms with Crippen LogP contribution in [0.1, 0.15) is 36.0 Å². The Bertz CT molecular complexity index is 634. The lowest BCUT2D eigenvalue weighted by Gasteiger charge is -2.35. The Morgan fingerprint density at radius 1 is 1.08 bits per heavy atom. The average Bonchev–Trinajstić information content (AvgIpc) is 3.11. The van der Waals surface area contributed by atoms with E-state index in [1.54, 1.807) is 29.4 Å². The number of carboxylic acid groups (broad SMARTS) is 1. The zero-order valence-corrected chi connectivity index (χ0v) is 13.4.